The Morgan fingerprint density at radius 1 is 1.48 bits per heavy atom. The number of hydrogen-bond acceptors (Lipinski definition) is 7. The second-order valence-corrected chi connectivity index (χ2v) is 6.25. The molecule has 2 aromatic heterocycles. The van der Waals surface area contributed by atoms with Gasteiger partial charge in [-0.05, 0) is 11.4 Å². The maximum Gasteiger partial charge on any atom is 0.225 e. The van der Waals surface area contributed by atoms with Crippen molar-refractivity contribution in [2.75, 3.05) is 26.5 Å². The molecule has 2 aromatic rings. The van der Waals surface area contributed by atoms with Crippen molar-refractivity contribution in [3.8, 4) is 10.6 Å². The maximum absolute atomic E-state index is 12.0. The molecule has 0 spiro atoms. The summed E-state index contributed by atoms with van der Waals surface area (Å²) in [6.45, 7) is 0.300. The smallest absolute Gasteiger partial charge is 0.225 e. The molecule has 0 saturated carbocycles. The van der Waals surface area contributed by atoms with Gasteiger partial charge < -0.3 is 20.5 Å². The molecular weight excluding hydrogens is 310 g/mol. The van der Waals surface area contributed by atoms with Crippen LogP contribution in [-0.2, 0) is 20.7 Å². The van der Waals surface area contributed by atoms with Crippen molar-refractivity contribution < 1.29 is 14.3 Å². The van der Waals surface area contributed by atoms with Crippen LogP contribution < -0.4 is 11.1 Å². The lowest BCUT2D eigenvalue weighted by atomic mass is 10.2. The van der Waals surface area contributed by atoms with Crippen LogP contribution in [0.2, 0.25) is 0 Å². The van der Waals surface area contributed by atoms with E-state index in [1.807, 2.05) is 17.5 Å². The zero-order valence-corrected chi connectivity index (χ0v) is 13.4. The average Bonchev–Trinajstić information content (AvgIpc) is 3.09. The minimum Gasteiger partial charge on any atom is -0.375 e. The van der Waals surface area contributed by atoms with E-state index in [0.29, 0.717) is 11.7 Å². The standard InChI is InChI=1S/C13H17N3O3S2/c1-18-11(19-2)7-15-10(17)6-9-12(16-13(14)21-9)8-4-3-5-20-8/h3-5,11H,6-7H2,1-2H3,(H2,14,16)(H,15,17). The highest BCUT2D eigenvalue weighted by Crippen LogP contribution is 2.32. The number of thiophene rings is 1. The summed E-state index contributed by atoms with van der Waals surface area (Å²) in [5, 5.41) is 5.20. The molecule has 0 fully saturated rings. The summed E-state index contributed by atoms with van der Waals surface area (Å²) >= 11 is 2.91. The number of nitrogens with one attached hydrogen (secondary N) is 1. The topological polar surface area (TPSA) is 86.5 Å². The second-order valence-electron chi connectivity index (χ2n) is 4.18. The van der Waals surface area contributed by atoms with Gasteiger partial charge in [0.25, 0.3) is 0 Å². The SMILES string of the molecule is COC(CNC(=O)Cc1sc(N)nc1-c1cccs1)OC. The molecule has 0 aliphatic rings. The number of nitrogens with zero attached hydrogens (tertiary/aromatic N) is 1. The molecule has 0 aromatic carbocycles. The highest BCUT2D eigenvalue weighted by Gasteiger charge is 2.16. The lowest BCUT2D eigenvalue weighted by molar-refractivity contribution is -0.126. The number of methoxy groups -OCH3 is 2. The molecule has 21 heavy (non-hydrogen) atoms. The summed E-state index contributed by atoms with van der Waals surface area (Å²) in [5.41, 5.74) is 6.56. The van der Waals surface area contributed by atoms with E-state index in [1.54, 1.807) is 11.3 Å². The summed E-state index contributed by atoms with van der Waals surface area (Å²) in [4.78, 5) is 18.2. The molecule has 114 valence electrons. The third kappa shape index (κ3) is 4.24. The van der Waals surface area contributed by atoms with Crippen molar-refractivity contribution in [2.24, 2.45) is 0 Å². The van der Waals surface area contributed by atoms with Crippen LogP contribution in [0.15, 0.2) is 17.5 Å². The minimum absolute atomic E-state index is 0.115. The normalized spacial score (nSPS) is 11.0. The number of ether oxygens (including phenoxy) is 2. The van der Waals surface area contributed by atoms with Crippen molar-refractivity contribution in [3.63, 3.8) is 0 Å². The molecule has 0 aliphatic heterocycles. The van der Waals surface area contributed by atoms with E-state index < -0.39 is 6.29 Å². The Morgan fingerprint density at radius 3 is 2.86 bits per heavy atom. The highest BCUT2D eigenvalue weighted by atomic mass is 32.1. The van der Waals surface area contributed by atoms with E-state index >= 15 is 0 Å². The number of rotatable bonds is 7. The Morgan fingerprint density at radius 2 is 2.24 bits per heavy atom. The van der Waals surface area contributed by atoms with Gasteiger partial charge in [-0.3, -0.25) is 4.79 Å². The molecule has 8 heteroatoms. The number of hydrogen-bond donors (Lipinski definition) is 2. The number of aromatic nitrogens is 1. The maximum atomic E-state index is 12.0. The summed E-state index contributed by atoms with van der Waals surface area (Å²) in [5.74, 6) is -0.115. The van der Waals surface area contributed by atoms with Gasteiger partial charge in [0.15, 0.2) is 11.4 Å². The number of carbonyl (C=O) groups is 1. The van der Waals surface area contributed by atoms with E-state index in [4.69, 9.17) is 15.2 Å². The molecule has 0 unspecified atom stereocenters. The first-order valence-electron chi connectivity index (χ1n) is 6.25. The molecule has 3 N–H and O–H groups in total. The van der Waals surface area contributed by atoms with Gasteiger partial charge in [0.1, 0.15) is 0 Å². The molecule has 2 heterocycles. The second kappa shape index (κ2) is 7.51. The van der Waals surface area contributed by atoms with E-state index in [0.717, 1.165) is 15.4 Å². The van der Waals surface area contributed by atoms with Crippen molar-refractivity contribution in [1.82, 2.24) is 10.3 Å². The van der Waals surface area contributed by atoms with Crippen LogP contribution in [0, 0.1) is 0 Å². The van der Waals surface area contributed by atoms with E-state index in [2.05, 4.69) is 10.3 Å². The number of nitrogens with two attached hydrogens (primary N) is 1. The summed E-state index contributed by atoms with van der Waals surface area (Å²) in [6, 6.07) is 3.91. The number of thiazole rings is 1. The van der Waals surface area contributed by atoms with Gasteiger partial charge in [-0.15, -0.1) is 22.7 Å². The highest BCUT2D eigenvalue weighted by molar-refractivity contribution is 7.17. The zero-order valence-electron chi connectivity index (χ0n) is 11.8. The first kappa shape index (κ1) is 15.9. The molecule has 0 atom stereocenters. The van der Waals surface area contributed by atoms with Gasteiger partial charge in [-0.2, -0.15) is 0 Å². The molecule has 2 rings (SSSR count). The van der Waals surface area contributed by atoms with Crippen LogP contribution in [0.5, 0.6) is 0 Å². The Balaban J connectivity index is 2.01. The summed E-state index contributed by atoms with van der Waals surface area (Å²) in [7, 11) is 3.05. The third-order valence-electron chi connectivity index (χ3n) is 2.78. The quantitative estimate of drug-likeness (QED) is 0.756. The van der Waals surface area contributed by atoms with Crippen LogP contribution in [0.3, 0.4) is 0 Å². The van der Waals surface area contributed by atoms with Crippen LogP contribution in [-0.4, -0.2) is 37.9 Å². The van der Waals surface area contributed by atoms with Gasteiger partial charge in [0, 0.05) is 19.1 Å². The minimum atomic E-state index is -0.447. The van der Waals surface area contributed by atoms with Crippen molar-refractivity contribution in [1.29, 1.82) is 0 Å². The molecule has 1 amide bonds. The predicted octanol–water partition coefficient (Wildman–Crippen LogP) is 1.73. The summed E-state index contributed by atoms with van der Waals surface area (Å²) in [6.07, 6.45) is -0.209. The molecular formula is C13H17N3O3S2. The van der Waals surface area contributed by atoms with Gasteiger partial charge in [0.05, 0.1) is 23.5 Å². The average molecular weight is 327 g/mol. The zero-order chi connectivity index (χ0) is 15.2. The number of nitrogen functional groups attached to an aromatic ring is 1. The monoisotopic (exact) mass is 327 g/mol. The fourth-order valence-electron chi connectivity index (χ4n) is 1.76. The molecule has 0 aliphatic carbocycles. The number of carbonyl (C=O) groups excluding carboxylic acids is 1. The number of amides is 1. The van der Waals surface area contributed by atoms with Crippen LogP contribution in [0.4, 0.5) is 5.13 Å². The van der Waals surface area contributed by atoms with Crippen LogP contribution in [0.25, 0.3) is 10.6 Å². The van der Waals surface area contributed by atoms with Crippen molar-refractivity contribution in [2.45, 2.75) is 12.7 Å². The van der Waals surface area contributed by atoms with E-state index in [1.165, 1.54) is 25.6 Å². The van der Waals surface area contributed by atoms with E-state index in [9.17, 15) is 4.79 Å². The Labute approximate surface area is 130 Å². The molecule has 0 bridgehead atoms. The van der Waals surface area contributed by atoms with E-state index in [-0.39, 0.29) is 12.3 Å². The molecule has 6 nitrogen and oxygen atoms in total. The van der Waals surface area contributed by atoms with Crippen molar-refractivity contribution in [3.05, 3.63) is 22.4 Å². The lowest BCUT2D eigenvalue weighted by Gasteiger charge is -2.13. The first-order chi connectivity index (χ1) is 10.1. The Kier molecular flexibility index (Phi) is 5.68. The van der Waals surface area contributed by atoms with Crippen molar-refractivity contribution >= 4 is 33.7 Å². The largest absolute Gasteiger partial charge is 0.375 e. The molecule has 0 saturated heterocycles. The van der Waals surface area contributed by atoms with Gasteiger partial charge >= 0.3 is 0 Å². The van der Waals surface area contributed by atoms with Crippen LogP contribution in [0.1, 0.15) is 4.88 Å². The summed E-state index contributed by atoms with van der Waals surface area (Å²) < 4.78 is 10.0. The fraction of sp³-hybridized carbons (Fsp3) is 0.385. The van der Waals surface area contributed by atoms with Gasteiger partial charge in [0.2, 0.25) is 5.91 Å². The first-order valence-corrected chi connectivity index (χ1v) is 7.95. The third-order valence-corrected chi connectivity index (χ3v) is 4.54. The predicted molar refractivity (Wildman–Crippen MR) is 84.4 cm³/mol. The molecule has 0 radical (unpaired) electrons. The lowest BCUT2D eigenvalue weighted by Crippen LogP contribution is -2.34. The van der Waals surface area contributed by atoms with Gasteiger partial charge in [-0.25, -0.2) is 4.98 Å². The Hall–Kier alpha value is -1.48. The van der Waals surface area contributed by atoms with Crippen LogP contribution >= 0.6 is 22.7 Å². The number of anilines is 1. The fourth-order valence-corrected chi connectivity index (χ4v) is 3.41. The Bertz CT molecular complexity index is 580. The van der Waals surface area contributed by atoms with Gasteiger partial charge in [-0.1, -0.05) is 6.07 Å².